The highest BCUT2D eigenvalue weighted by Gasteiger charge is 2.08. The van der Waals surface area contributed by atoms with Crippen molar-refractivity contribution in [2.24, 2.45) is 0 Å². The molecule has 0 aromatic heterocycles. The Morgan fingerprint density at radius 1 is 1.27 bits per heavy atom. The SMILES string of the molecule is CCC[C@@H](NCCOC)c1ccccc1. The predicted octanol–water partition coefficient (Wildman–Crippen LogP) is 2.76. The van der Waals surface area contributed by atoms with E-state index >= 15 is 0 Å². The highest BCUT2D eigenvalue weighted by molar-refractivity contribution is 5.18. The molecule has 0 heterocycles. The van der Waals surface area contributed by atoms with E-state index in [9.17, 15) is 0 Å². The zero-order valence-corrected chi connectivity index (χ0v) is 9.70. The van der Waals surface area contributed by atoms with E-state index in [2.05, 4.69) is 42.6 Å². The van der Waals surface area contributed by atoms with Crippen LogP contribution in [0.5, 0.6) is 0 Å². The van der Waals surface area contributed by atoms with Gasteiger partial charge in [0.05, 0.1) is 6.61 Å². The van der Waals surface area contributed by atoms with Gasteiger partial charge in [-0.15, -0.1) is 0 Å². The van der Waals surface area contributed by atoms with Crippen LogP contribution in [0.1, 0.15) is 31.4 Å². The Labute approximate surface area is 92.6 Å². The van der Waals surface area contributed by atoms with Crippen molar-refractivity contribution >= 4 is 0 Å². The molecule has 0 saturated heterocycles. The van der Waals surface area contributed by atoms with Gasteiger partial charge in [0.2, 0.25) is 0 Å². The Kier molecular flexibility index (Phi) is 6.05. The van der Waals surface area contributed by atoms with Crippen molar-refractivity contribution < 1.29 is 4.74 Å². The van der Waals surface area contributed by atoms with Crippen LogP contribution >= 0.6 is 0 Å². The monoisotopic (exact) mass is 207 g/mol. The fraction of sp³-hybridized carbons (Fsp3) is 0.538. The molecule has 1 atom stereocenters. The maximum absolute atomic E-state index is 5.04. The van der Waals surface area contributed by atoms with E-state index in [1.807, 2.05) is 0 Å². The van der Waals surface area contributed by atoms with Gasteiger partial charge in [0.25, 0.3) is 0 Å². The van der Waals surface area contributed by atoms with E-state index in [0.29, 0.717) is 6.04 Å². The summed E-state index contributed by atoms with van der Waals surface area (Å²) in [5.41, 5.74) is 1.37. The molecule has 1 aromatic rings. The second-order valence-corrected chi connectivity index (χ2v) is 3.70. The minimum Gasteiger partial charge on any atom is -0.383 e. The number of benzene rings is 1. The van der Waals surface area contributed by atoms with Gasteiger partial charge >= 0.3 is 0 Å². The lowest BCUT2D eigenvalue weighted by molar-refractivity contribution is 0.195. The molecule has 0 aliphatic heterocycles. The zero-order chi connectivity index (χ0) is 10.9. The highest BCUT2D eigenvalue weighted by atomic mass is 16.5. The summed E-state index contributed by atoms with van der Waals surface area (Å²) in [4.78, 5) is 0. The van der Waals surface area contributed by atoms with Crippen LogP contribution in [0.2, 0.25) is 0 Å². The van der Waals surface area contributed by atoms with Crippen molar-refractivity contribution in [2.45, 2.75) is 25.8 Å². The first-order valence-electron chi connectivity index (χ1n) is 5.65. The summed E-state index contributed by atoms with van der Waals surface area (Å²) in [7, 11) is 1.74. The Hall–Kier alpha value is -0.860. The van der Waals surface area contributed by atoms with Gasteiger partial charge in [0.15, 0.2) is 0 Å². The highest BCUT2D eigenvalue weighted by Crippen LogP contribution is 2.17. The molecule has 2 heteroatoms. The molecule has 1 N–H and O–H groups in total. The average molecular weight is 207 g/mol. The van der Waals surface area contributed by atoms with E-state index < -0.39 is 0 Å². The van der Waals surface area contributed by atoms with Crippen LogP contribution in [0.4, 0.5) is 0 Å². The quantitative estimate of drug-likeness (QED) is 0.694. The summed E-state index contributed by atoms with van der Waals surface area (Å²) in [6, 6.07) is 11.1. The molecule has 15 heavy (non-hydrogen) atoms. The molecule has 0 spiro atoms. The van der Waals surface area contributed by atoms with E-state index in [1.165, 1.54) is 18.4 Å². The van der Waals surface area contributed by atoms with Gasteiger partial charge in [-0.25, -0.2) is 0 Å². The third-order valence-corrected chi connectivity index (χ3v) is 2.48. The first kappa shape index (κ1) is 12.2. The van der Waals surface area contributed by atoms with Crippen molar-refractivity contribution in [1.82, 2.24) is 5.32 Å². The number of methoxy groups -OCH3 is 1. The fourth-order valence-electron chi connectivity index (χ4n) is 1.70. The second-order valence-electron chi connectivity index (χ2n) is 3.70. The first-order chi connectivity index (χ1) is 7.38. The Balaban J connectivity index is 2.50. The van der Waals surface area contributed by atoms with Crippen LogP contribution < -0.4 is 5.32 Å². The minimum atomic E-state index is 0.464. The van der Waals surface area contributed by atoms with E-state index in [0.717, 1.165) is 13.2 Å². The van der Waals surface area contributed by atoms with Gasteiger partial charge < -0.3 is 10.1 Å². The third-order valence-electron chi connectivity index (χ3n) is 2.48. The van der Waals surface area contributed by atoms with E-state index in [4.69, 9.17) is 4.74 Å². The molecule has 0 radical (unpaired) electrons. The molecule has 0 amide bonds. The lowest BCUT2D eigenvalue weighted by Gasteiger charge is -2.18. The molecule has 2 nitrogen and oxygen atoms in total. The molecule has 0 unspecified atom stereocenters. The Morgan fingerprint density at radius 2 is 2.00 bits per heavy atom. The Bertz CT molecular complexity index is 248. The maximum Gasteiger partial charge on any atom is 0.0587 e. The van der Waals surface area contributed by atoms with Gasteiger partial charge in [0, 0.05) is 19.7 Å². The summed E-state index contributed by atoms with van der Waals surface area (Å²) >= 11 is 0. The van der Waals surface area contributed by atoms with Gasteiger partial charge in [-0.3, -0.25) is 0 Å². The molecule has 1 aromatic carbocycles. The molecule has 84 valence electrons. The van der Waals surface area contributed by atoms with Crippen molar-refractivity contribution in [2.75, 3.05) is 20.3 Å². The third kappa shape index (κ3) is 4.45. The largest absolute Gasteiger partial charge is 0.383 e. The maximum atomic E-state index is 5.04. The van der Waals surface area contributed by atoms with Crippen LogP contribution in [0.25, 0.3) is 0 Å². The van der Waals surface area contributed by atoms with Crippen LogP contribution in [0.15, 0.2) is 30.3 Å². The summed E-state index contributed by atoms with van der Waals surface area (Å²) in [6.45, 7) is 3.90. The molecule has 0 aliphatic rings. The lowest BCUT2D eigenvalue weighted by atomic mass is 10.0. The molecule has 0 bridgehead atoms. The number of ether oxygens (including phenoxy) is 1. The second kappa shape index (κ2) is 7.43. The summed E-state index contributed by atoms with van der Waals surface area (Å²) in [5, 5.41) is 3.51. The molecule has 0 saturated carbocycles. The normalized spacial score (nSPS) is 12.7. The first-order valence-corrected chi connectivity index (χ1v) is 5.65. The number of nitrogens with one attached hydrogen (secondary N) is 1. The number of hydrogen-bond donors (Lipinski definition) is 1. The number of rotatable bonds is 7. The molecular formula is C13H21NO. The fourth-order valence-corrected chi connectivity index (χ4v) is 1.70. The predicted molar refractivity (Wildman–Crippen MR) is 64.0 cm³/mol. The topological polar surface area (TPSA) is 21.3 Å². The van der Waals surface area contributed by atoms with E-state index in [-0.39, 0.29) is 0 Å². The van der Waals surface area contributed by atoms with Crippen molar-refractivity contribution in [1.29, 1.82) is 0 Å². The van der Waals surface area contributed by atoms with Gasteiger partial charge in [0.1, 0.15) is 0 Å². The van der Waals surface area contributed by atoms with E-state index in [1.54, 1.807) is 7.11 Å². The van der Waals surface area contributed by atoms with Crippen LogP contribution in [0.3, 0.4) is 0 Å². The summed E-state index contributed by atoms with van der Waals surface area (Å²) in [5.74, 6) is 0. The average Bonchev–Trinajstić information content (AvgIpc) is 2.29. The molecular weight excluding hydrogens is 186 g/mol. The molecule has 0 fully saturated rings. The van der Waals surface area contributed by atoms with Crippen molar-refractivity contribution in [3.63, 3.8) is 0 Å². The van der Waals surface area contributed by atoms with Gasteiger partial charge in [-0.1, -0.05) is 43.7 Å². The lowest BCUT2D eigenvalue weighted by Crippen LogP contribution is -2.24. The zero-order valence-electron chi connectivity index (χ0n) is 9.70. The van der Waals surface area contributed by atoms with Crippen LogP contribution in [-0.4, -0.2) is 20.3 Å². The standard InChI is InChI=1S/C13H21NO/c1-3-7-13(14-10-11-15-2)12-8-5-4-6-9-12/h4-6,8-9,13-14H,3,7,10-11H2,1-2H3/t13-/m1/s1. The molecule has 1 rings (SSSR count). The Morgan fingerprint density at radius 3 is 2.60 bits per heavy atom. The van der Waals surface area contributed by atoms with Crippen molar-refractivity contribution in [3.05, 3.63) is 35.9 Å². The van der Waals surface area contributed by atoms with Gasteiger partial charge in [-0.05, 0) is 12.0 Å². The summed E-state index contributed by atoms with van der Waals surface area (Å²) < 4.78 is 5.04. The van der Waals surface area contributed by atoms with Gasteiger partial charge in [-0.2, -0.15) is 0 Å². The molecule has 0 aliphatic carbocycles. The summed E-state index contributed by atoms with van der Waals surface area (Å²) in [6.07, 6.45) is 2.37. The number of hydrogen-bond acceptors (Lipinski definition) is 2. The van der Waals surface area contributed by atoms with Crippen molar-refractivity contribution in [3.8, 4) is 0 Å². The van der Waals surface area contributed by atoms with Crippen LogP contribution in [-0.2, 0) is 4.74 Å². The minimum absolute atomic E-state index is 0.464. The smallest absolute Gasteiger partial charge is 0.0587 e. The van der Waals surface area contributed by atoms with Crippen LogP contribution in [0, 0.1) is 0 Å².